The van der Waals surface area contributed by atoms with Crippen LogP contribution in [0.15, 0.2) is 146 Å². The summed E-state index contributed by atoms with van der Waals surface area (Å²) in [5, 5.41) is 5.37. The van der Waals surface area contributed by atoms with Gasteiger partial charge in [0.15, 0.2) is 0 Å². The fourth-order valence-electron chi connectivity index (χ4n) is 4.98. The molecular weight excluding hydrogens is 659 g/mol. The number of halogens is 2. The van der Waals surface area contributed by atoms with Crippen molar-refractivity contribution in [2.45, 2.75) is 20.8 Å². The van der Waals surface area contributed by atoms with Gasteiger partial charge in [-0.15, -0.1) is 69.1 Å². The molecule has 0 nitrogen and oxygen atoms in total. The molecule has 0 aliphatic rings. The average molecular weight is 692 g/mol. The van der Waals surface area contributed by atoms with Gasteiger partial charge in [0.05, 0.1) is 0 Å². The van der Waals surface area contributed by atoms with Crippen molar-refractivity contribution < 1.29 is 18.0 Å². The molecule has 0 saturated heterocycles. The Hall–Kier alpha value is -3.00. The third-order valence-electron chi connectivity index (χ3n) is 6.84. The van der Waals surface area contributed by atoms with Gasteiger partial charge in [-0.2, -0.15) is 48.0 Å². The minimum absolute atomic E-state index is 1.29. The number of hydrogen-bond donors (Lipinski definition) is 0. The molecule has 0 fully saturated rings. The molecule has 0 heterocycles. The zero-order valence-corrected chi connectivity index (χ0v) is 29.6. The van der Waals surface area contributed by atoms with Gasteiger partial charge < -0.3 is 0 Å². The molecule has 4 heteroatoms. The summed E-state index contributed by atoms with van der Waals surface area (Å²) < 4.78 is 0. The quantitative estimate of drug-likeness (QED) is 0.125. The second-order valence-corrected chi connectivity index (χ2v) is 23.9. The van der Waals surface area contributed by atoms with Crippen LogP contribution in [0.3, 0.4) is 0 Å². The standard InChI is InChI=1S/2C16H13.C7H7.2ClH.Si.Zr/c2*1-12-10-14-8-5-9-15(16(14)11-12)13-6-3-2-4-7-13;1-7-5-3-2-4-6-7;;;;/h2*2-11H,1H3;3-6H,1H3;2*1H;;/q3*-1;;;;+2/p-2. The molecule has 7 aromatic rings. The van der Waals surface area contributed by atoms with Gasteiger partial charge in [0, 0.05) is 0 Å². The zero-order chi connectivity index (χ0) is 30.6. The fourth-order valence-corrected chi connectivity index (χ4v) is 4.98. The van der Waals surface area contributed by atoms with E-state index < -0.39 is 18.0 Å². The van der Waals surface area contributed by atoms with Crippen LogP contribution in [0, 0.1) is 26.8 Å². The number of fused-ring (bicyclic) bond motifs is 2. The van der Waals surface area contributed by atoms with Gasteiger partial charge in [0.1, 0.15) is 0 Å². The first-order valence-electron chi connectivity index (χ1n) is 14.1. The molecule has 214 valence electrons. The molecule has 7 rings (SSSR count). The van der Waals surface area contributed by atoms with Gasteiger partial charge in [-0.05, 0) is 11.1 Å². The van der Waals surface area contributed by atoms with Crippen molar-refractivity contribution in [2.75, 3.05) is 0 Å². The summed E-state index contributed by atoms with van der Waals surface area (Å²) in [7, 11) is 10.3. The summed E-state index contributed by atoms with van der Waals surface area (Å²) in [5.41, 5.74) is 9.19. The van der Waals surface area contributed by atoms with Crippen molar-refractivity contribution in [3.05, 3.63) is 168 Å². The summed E-state index contributed by atoms with van der Waals surface area (Å²) in [6.07, 6.45) is 0. The minimum atomic E-state index is -1.79. The number of hydrogen-bond acceptors (Lipinski definition) is 0. The van der Waals surface area contributed by atoms with E-state index in [9.17, 15) is 0 Å². The fraction of sp³-hybridized carbons (Fsp3) is 0.0769. The van der Waals surface area contributed by atoms with Crippen LogP contribution in [-0.2, 0) is 18.0 Å². The molecule has 0 unspecified atom stereocenters. The molecular formula is C39H33Cl2SiZr-3. The number of rotatable bonds is 2. The topological polar surface area (TPSA) is 0 Å². The average Bonchev–Trinajstić information content (AvgIpc) is 3.59. The molecule has 43 heavy (non-hydrogen) atoms. The predicted octanol–water partition coefficient (Wildman–Crippen LogP) is 11.9. The summed E-state index contributed by atoms with van der Waals surface area (Å²) in [5.74, 6) is 0. The van der Waals surface area contributed by atoms with Gasteiger partial charge in [0.25, 0.3) is 0 Å². The second-order valence-electron chi connectivity index (χ2n) is 10.3. The van der Waals surface area contributed by atoms with Crippen LogP contribution >= 0.6 is 17.0 Å². The SMILES string of the molecule is Cc1cc2c(-c3ccccc3)cccc2[cH-]1.Cc1cc2c(-c3ccccc3)cccc2[cH-]1.Cc1cc[c-]cc1.[Si]=[Zr]([Cl])[Cl]. The number of aryl methyl sites for hydroxylation is 3. The first-order chi connectivity index (χ1) is 20.8. The molecule has 0 bridgehead atoms. The van der Waals surface area contributed by atoms with Crippen LogP contribution in [0.25, 0.3) is 43.8 Å². The van der Waals surface area contributed by atoms with E-state index in [4.69, 9.17) is 17.0 Å². The van der Waals surface area contributed by atoms with Gasteiger partial charge in [-0.3, -0.25) is 0 Å². The van der Waals surface area contributed by atoms with Crippen molar-refractivity contribution in [2.24, 2.45) is 0 Å². The Balaban J connectivity index is 0.000000148. The van der Waals surface area contributed by atoms with Crippen molar-refractivity contribution in [3.63, 3.8) is 0 Å². The van der Waals surface area contributed by atoms with E-state index in [1.54, 1.807) is 0 Å². The van der Waals surface area contributed by atoms with E-state index in [-0.39, 0.29) is 0 Å². The molecule has 0 amide bonds. The third-order valence-corrected chi connectivity index (χ3v) is 6.84. The Kier molecular flexibility index (Phi) is 12.8. The van der Waals surface area contributed by atoms with Gasteiger partial charge in [0.2, 0.25) is 0 Å². The third kappa shape index (κ3) is 10.0. The maximum atomic E-state index is 5.15. The summed E-state index contributed by atoms with van der Waals surface area (Å²) >= 11 is -1.79. The summed E-state index contributed by atoms with van der Waals surface area (Å²) in [4.78, 5) is 0. The Labute approximate surface area is 272 Å². The summed E-state index contributed by atoms with van der Waals surface area (Å²) in [6, 6.07) is 53.9. The molecule has 0 atom stereocenters. The normalized spacial score (nSPS) is 10.1. The van der Waals surface area contributed by atoms with Crippen LogP contribution in [0.5, 0.6) is 0 Å². The maximum absolute atomic E-state index is 5.15. The Morgan fingerprint density at radius 3 is 1.30 bits per heavy atom. The van der Waals surface area contributed by atoms with Crippen LogP contribution in [0.2, 0.25) is 0 Å². The molecule has 2 radical (unpaired) electrons. The molecule has 0 saturated carbocycles. The van der Waals surface area contributed by atoms with Crippen LogP contribution in [0.4, 0.5) is 0 Å². The van der Waals surface area contributed by atoms with Crippen LogP contribution < -0.4 is 0 Å². The Morgan fingerprint density at radius 1 is 0.558 bits per heavy atom. The van der Waals surface area contributed by atoms with Gasteiger partial charge >= 0.3 is 41.9 Å². The van der Waals surface area contributed by atoms with Crippen molar-refractivity contribution in [1.82, 2.24) is 0 Å². The molecule has 7 aromatic carbocycles. The predicted molar refractivity (Wildman–Crippen MR) is 187 cm³/mol. The van der Waals surface area contributed by atoms with Crippen molar-refractivity contribution in [3.8, 4) is 22.3 Å². The van der Waals surface area contributed by atoms with E-state index in [1.165, 1.54) is 60.5 Å². The zero-order valence-electron chi connectivity index (χ0n) is 24.6. The van der Waals surface area contributed by atoms with Crippen LogP contribution in [-0.4, -0.2) is 6.88 Å². The van der Waals surface area contributed by atoms with Crippen LogP contribution in [0.1, 0.15) is 16.7 Å². The summed E-state index contributed by atoms with van der Waals surface area (Å²) in [6.45, 7) is 9.40. The molecule has 0 N–H and O–H groups in total. The van der Waals surface area contributed by atoms with E-state index in [1.807, 2.05) is 24.3 Å². The molecule has 0 aromatic heterocycles. The number of benzene rings is 5. The molecule has 0 spiro atoms. The molecule has 0 aliphatic carbocycles. The van der Waals surface area contributed by atoms with Gasteiger partial charge in [-0.25, -0.2) is 0 Å². The second kappa shape index (κ2) is 16.7. The molecule has 0 aliphatic heterocycles. The first-order valence-corrected chi connectivity index (χ1v) is 24.6. The van der Waals surface area contributed by atoms with Crippen molar-refractivity contribution >= 4 is 45.4 Å². The van der Waals surface area contributed by atoms with Gasteiger partial charge in [-0.1, -0.05) is 105 Å². The van der Waals surface area contributed by atoms with E-state index in [0.29, 0.717) is 0 Å². The van der Waals surface area contributed by atoms with E-state index >= 15 is 0 Å². The first kappa shape index (κ1) is 32.9. The monoisotopic (exact) mass is 689 g/mol. The Morgan fingerprint density at radius 2 is 0.953 bits per heavy atom. The van der Waals surface area contributed by atoms with E-state index in [2.05, 4.69) is 155 Å². The van der Waals surface area contributed by atoms with E-state index in [0.717, 1.165) is 0 Å². The Bertz CT molecular complexity index is 1750. The van der Waals surface area contributed by atoms with Crippen molar-refractivity contribution in [1.29, 1.82) is 0 Å².